The van der Waals surface area contributed by atoms with Gasteiger partial charge >= 0.3 is 6.03 Å². The molecule has 0 aliphatic rings. The summed E-state index contributed by atoms with van der Waals surface area (Å²) in [5.74, 6) is 0.0286. The van der Waals surface area contributed by atoms with Crippen LogP contribution in [0.3, 0.4) is 0 Å². The number of anilines is 4. The third-order valence-corrected chi connectivity index (χ3v) is 3.75. The Bertz CT molecular complexity index is 962. The van der Waals surface area contributed by atoms with Crippen LogP contribution < -0.4 is 21.3 Å². The molecule has 2 aromatic heterocycles. The van der Waals surface area contributed by atoms with E-state index in [9.17, 15) is 13.6 Å². The van der Waals surface area contributed by atoms with Gasteiger partial charge in [-0.1, -0.05) is 6.07 Å². The summed E-state index contributed by atoms with van der Waals surface area (Å²) in [6.45, 7) is 2.51. The van der Waals surface area contributed by atoms with Crippen molar-refractivity contribution in [2.75, 3.05) is 29.0 Å². The lowest BCUT2D eigenvalue weighted by Crippen LogP contribution is -2.33. The van der Waals surface area contributed by atoms with Gasteiger partial charge in [0.15, 0.2) is 5.82 Å². The molecule has 4 N–H and O–H groups in total. The van der Waals surface area contributed by atoms with Crippen molar-refractivity contribution < 1.29 is 13.6 Å². The number of aromatic nitrogens is 3. The van der Waals surface area contributed by atoms with Crippen LogP contribution in [-0.2, 0) is 0 Å². The molecule has 10 heteroatoms. The summed E-state index contributed by atoms with van der Waals surface area (Å²) in [4.78, 5) is 15.9. The number of urea groups is 1. The minimum atomic E-state index is -0.844. The highest BCUT2D eigenvalue weighted by Gasteiger charge is 2.11. The third-order valence-electron chi connectivity index (χ3n) is 3.75. The molecule has 2 heterocycles. The number of pyridine rings is 1. The van der Waals surface area contributed by atoms with Crippen LogP contribution in [0.15, 0.2) is 48.7 Å². The summed E-state index contributed by atoms with van der Waals surface area (Å²) in [6, 6.07) is 9.87. The van der Waals surface area contributed by atoms with Gasteiger partial charge in [-0.3, -0.25) is 0 Å². The number of hydrogen-bond acceptors (Lipinski definition) is 6. The summed E-state index contributed by atoms with van der Waals surface area (Å²) < 4.78 is 27.0. The van der Waals surface area contributed by atoms with E-state index in [4.69, 9.17) is 0 Å². The van der Waals surface area contributed by atoms with E-state index in [-0.39, 0.29) is 6.54 Å². The molecule has 2 amide bonds. The quantitative estimate of drug-likeness (QED) is 0.454. The van der Waals surface area contributed by atoms with Crippen LogP contribution in [0, 0.1) is 18.6 Å². The lowest BCUT2D eigenvalue weighted by molar-refractivity contribution is 0.252. The zero-order chi connectivity index (χ0) is 20.6. The molecular weight excluding hydrogens is 380 g/mol. The fourth-order valence-corrected chi connectivity index (χ4v) is 2.37. The second-order valence-corrected chi connectivity index (χ2v) is 6.05. The summed E-state index contributed by atoms with van der Waals surface area (Å²) in [5.41, 5.74) is 0.582. The predicted octanol–water partition coefficient (Wildman–Crippen LogP) is 3.44. The van der Waals surface area contributed by atoms with Crippen LogP contribution in [0.2, 0.25) is 0 Å². The van der Waals surface area contributed by atoms with E-state index < -0.39 is 23.4 Å². The second-order valence-electron chi connectivity index (χ2n) is 6.05. The summed E-state index contributed by atoms with van der Waals surface area (Å²) in [5, 5.41) is 18.7. The van der Waals surface area contributed by atoms with Crippen molar-refractivity contribution in [3.05, 3.63) is 65.9 Å². The van der Waals surface area contributed by atoms with E-state index in [2.05, 4.69) is 36.4 Å². The van der Waals surface area contributed by atoms with Gasteiger partial charge in [-0.25, -0.2) is 18.6 Å². The summed E-state index contributed by atoms with van der Waals surface area (Å²) >= 11 is 0. The van der Waals surface area contributed by atoms with Crippen LogP contribution in [0.4, 0.5) is 36.7 Å². The van der Waals surface area contributed by atoms with Gasteiger partial charge in [0.1, 0.15) is 29.0 Å². The number of nitrogens with zero attached hydrogens (tertiary/aromatic N) is 3. The first-order valence-electron chi connectivity index (χ1n) is 8.77. The van der Waals surface area contributed by atoms with Crippen LogP contribution in [0.5, 0.6) is 0 Å². The Morgan fingerprint density at radius 3 is 2.38 bits per heavy atom. The standard InChI is InChI=1S/C19H19F2N7O/c1-12-7-8-22-17(11-12)25-16-6-5-15(27-28-16)23-9-10-24-19(29)26-18-13(20)3-2-4-14(18)21/h2-8,11H,9-10H2,1H3,(H,23,27)(H,22,25,28)(H2,24,26,29). The molecule has 0 bridgehead atoms. The Kier molecular flexibility index (Phi) is 6.46. The summed E-state index contributed by atoms with van der Waals surface area (Å²) in [6.07, 6.45) is 1.70. The number of halogens is 2. The van der Waals surface area contributed by atoms with Gasteiger partial charge in [-0.15, -0.1) is 10.2 Å². The monoisotopic (exact) mass is 399 g/mol. The number of para-hydroxylation sites is 1. The molecule has 0 atom stereocenters. The van der Waals surface area contributed by atoms with Crippen molar-refractivity contribution in [3.8, 4) is 0 Å². The Labute approximate surface area is 165 Å². The lowest BCUT2D eigenvalue weighted by atomic mass is 10.3. The topological polar surface area (TPSA) is 104 Å². The average Bonchev–Trinajstić information content (AvgIpc) is 2.69. The summed E-state index contributed by atoms with van der Waals surface area (Å²) in [7, 11) is 0. The van der Waals surface area contributed by atoms with Gasteiger partial charge in [0.2, 0.25) is 0 Å². The van der Waals surface area contributed by atoms with E-state index in [1.807, 2.05) is 19.1 Å². The molecule has 150 valence electrons. The minimum absolute atomic E-state index is 0.205. The van der Waals surface area contributed by atoms with Gasteiger partial charge < -0.3 is 21.3 Å². The van der Waals surface area contributed by atoms with Crippen molar-refractivity contribution in [2.24, 2.45) is 0 Å². The Hall–Kier alpha value is -3.82. The fraction of sp³-hybridized carbons (Fsp3) is 0.158. The third kappa shape index (κ3) is 5.83. The smallest absolute Gasteiger partial charge is 0.319 e. The van der Waals surface area contributed by atoms with Crippen LogP contribution in [0.1, 0.15) is 5.56 Å². The number of nitrogens with one attached hydrogen (secondary N) is 4. The Balaban J connectivity index is 1.42. The Morgan fingerprint density at radius 1 is 0.966 bits per heavy atom. The van der Waals surface area contributed by atoms with Crippen molar-refractivity contribution in [1.82, 2.24) is 20.5 Å². The van der Waals surface area contributed by atoms with Crippen molar-refractivity contribution in [2.45, 2.75) is 6.92 Å². The number of amides is 2. The first-order chi connectivity index (χ1) is 14.0. The highest BCUT2D eigenvalue weighted by molar-refractivity contribution is 5.89. The molecule has 0 unspecified atom stereocenters. The second kappa shape index (κ2) is 9.40. The van der Waals surface area contributed by atoms with Crippen LogP contribution in [0.25, 0.3) is 0 Å². The predicted molar refractivity (Wildman–Crippen MR) is 106 cm³/mol. The maximum atomic E-state index is 13.5. The van der Waals surface area contributed by atoms with Crippen molar-refractivity contribution >= 4 is 29.2 Å². The molecular formula is C19H19F2N7O. The van der Waals surface area contributed by atoms with Gasteiger partial charge in [0.05, 0.1) is 0 Å². The minimum Gasteiger partial charge on any atom is -0.367 e. The first-order valence-corrected chi connectivity index (χ1v) is 8.77. The average molecular weight is 399 g/mol. The Morgan fingerprint density at radius 2 is 1.69 bits per heavy atom. The number of carbonyl (C=O) groups is 1. The molecule has 8 nitrogen and oxygen atoms in total. The molecule has 0 fully saturated rings. The highest BCUT2D eigenvalue weighted by Crippen LogP contribution is 2.17. The van der Waals surface area contributed by atoms with Gasteiger partial charge in [-0.2, -0.15) is 0 Å². The zero-order valence-corrected chi connectivity index (χ0v) is 15.5. The molecule has 0 saturated heterocycles. The van der Waals surface area contributed by atoms with E-state index in [1.54, 1.807) is 18.3 Å². The number of carbonyl (C=O) groups excluding carboxylic acids is 1. The van der Waals surface area contributed by atoms with Crippen molar-refractivity contribution in [1.29, 1.82) is 0 Å². The van der Waals surface area contributed by atoms with E-state index >= 15 is 0 Å². The van der Waals surface area contributed by atoms with E-state index in [1.165, 1.54) is 6.07 Å². The number of rotatable bonds is 7. The normalized spacial score (nSPS) is 10.3. The van der Waals surface area contributed by atoms with Gasteiger partial charge in [0, 0.05) is 19.3 Å². The van der Waals surface area contributed by atoms with Gasteiger partial charge in [0.25, 0.3) is 0 Å². The molecule has 0 radical (unpaired) electrons. The van der Waals surface area contributed by atoms with Gasteiger partial charge in [-0.05, 0) is 48.9 Å². The molecule has 0 aliphatic heterocycles. The fourth-order valence-electron chi connectivity index (χ4n) is 2.37. The number of hydrogen-bond donors (Lipinski definition) is 4. The van der Waals surface area contributed by atoms with Crippen molar-refractivity contribution in [3.63, 3.8) is 0 Å². The molecule has 0 saturated carbocycles. The first kappa shape index (κ1) is 19.9. The number of aryl methyl sites for hydroxylation is 1. The van der Waals surface area contributed by atoms with E-state index in [0.717, 1.165) is 17.7 Å². The van der Waals surface area contributed by atoms with Crippen LogP contribution >= 0.6 is 0 Å². The maximum absolute atomic E-state index is 13.5. The highest BCUT2D eigenvalue weighted by atomic mass is 19.1. The van der Waals surface area contributed by atoms with Crippen LogP contribution in [-0.4, -0.2) is 34.3 Å². The molecule has 3 aromatic rings. The maximum Gasteiger partial charge on any atom is 0.319 e. The number of benzene rings is 1. The SMILES string of the molecule is Cc1ccnc(Nc2ccc(NCCNC(=O)Nc3c(F)cccc3F)nn2)c1. The van der Waals surface area contributed by atoms with E-state index in [0.29, 0.717) is 24.0 Å². The molecule has 1 aromatic carbocycles. The largest absolute Gasteiger partial charge is 0.367 e. The molecule has 0 spiro atoms. The molecule has 3 rings (SSSR count). The lowest BCUT2D eigenvalue weighted by Gasteiger charge is -2.10. The zero-order valence-electron chi connectivity index (χ0n) is 15.5. The molecule has 29 heavy (non-hydrogen) atoms. The molecule has 0 aliphatic carbocycles.